The molecule has 0 radical (unpaired) electrons. The van der Waals surface area contributed by atoms with Gasteiger partial charge in [0.2, 0.25) is 5.43 Å². The summed E-state index contributed by atoms with van der Waals surface area (Å²) < 4.78 is 48.6. The smallest absolute Gasteiger partial charge is 0.403 e. The molecule has 2 N–H and O–H groups in total. The molecule has 0 aliphatic carbocycles. The van der Waals surface area contributed by atoms with Crippen LogP contribution in [0.5, 0.6) is 5.75 Å². The van der Waals surface area contributed by atoms with E-state index in [0.717, 1.165) is 45.0 Å². The minimum Gasteiger partial charge on any atom is -0.503 e. The number of benzene rings is 2. The number of halogens is 3. The molecule has 2 aliphatic rings. The Morgan fingerprint density at radius 3 is 2.65 bits per heavy atom. The molecule has 1 unspecified atom stereocenters. The van der Waals surface area contributed by atoms with Gasteiger partial charge in [-0.15, -0.1) is 11.8 Å². The summed E-state index contributed by atoms with van der Waals surface area (Å²) in [6.07, 6.45) is -5.13. The predicted octanol–water partition coefficient (Wildman–Crippen LogP) is 4.25. The number of fused-ring (bicyclic) bond motifs is 3. The van der Waals surface area contributed by atoms with Crippen LogP contribution < -0.4 is 10.4 Å². The number of hydrogen-bond acceptors (Lipinski definition) is 7. The van der Waals surface area contributed by atoms with Crippen LogP contribution in [-0.2, 0) is 17.1 Å². The van der Waals surface area contributed by atoms with Crippen molar-refractivity contribution in [1.82, 2.24) is 9.58 Å². The molecule has 196 valence electrons. The van der Waals surface area contributed by atoms with Crippen LogP contribution in [0.4, 0.5) is 13.2 Å². The standard InChI is InChI=1S/C26H26F3N3O4S/c1-15(26(27,28)29)30-14-32(31-11-10-19(33)24(34)23(31)25(30)35)22-18-8-3-4-9-20(18)37-13-17-7-5-6-16(12-36-2)21(17)22/h3-11,15,22,25,34-35H,12-14H2,1-2H3/t15-,22+,25?/m1/s1. The maximum atomic E-state index is 13.9. The molecule has 1 aromatic heterocycles. The summed E-state index contributed by atoms with van der Waals surface area (Å²) in [6, 6.07) is 12.0. The molecule has 3 atom stereocenters. The van der Waals surface area contributed by atoms with Crippen LogP contribution in [0.2, 0.25) is 0 Å². The Morgan fingerprint density at radius 2 is 1.92 bits per heavy atom. The average molecular weight is 534 g/mol. The molecule has 2 aliphatic heterocycles. The lowest BCUT2D eigenvalue weighted by molar-refractivity contribution is -0.207. The third-order valence-corrected chi connectivity index (χ3v) is 8.10. The minimum atomic E-state index is -4.66. The zero-order chi connectivity index (χ0) is 26.5. The molecule has 5 rings (SSSR count). The van der Waals surface area contributed by atoms with Gasteiger partial charge in [0.25, 0.3) is 0 Å². The van der Waals surface area contributed by atoms with Gasteiger partial charge < -0.3 is 14.9 Å². The zero-order valence-corrected chi connectivity index (χ0v) is 21.0. The second kappa shape index (κ2) is 9.71. The summed E-state index contributed by atoms with van der Waals surface area (Å²) in [5, 5.41) is 23.3. The van der Waals surface area contributed by atoms with E-state index < -0.39 is 35.7 Å². The number of pyridine rings is 1. The second-order valence-corrected chi connectivity index (χ2v) is 10.1. The van der Waals surface area contributed by atoms with Crippen molar-refractivity contribution in [2.45, 2.75) is 48.7 Å². The van der Waals surface area contributed by atoms with E-state index in [9.17, 15) is 28.2 Å². The number of rotatable bonds is 4. The summed E-state index contributed by atoms with van der Waals surface area (Å²) in [4.78, 5) is 14.1. The maximum Gasteiger partial charge on any atom is 0.403 e. The van der Waals surface area contributed by atoms with Crippen molar-refractivity contribution in [3.8, 4) is 5.75 Å². The van der Waals surface area contributed by atoms with Crippen LogP contribution in [-0.4, -0.2) is 45.8 Å². The Morgan fingerprint density at radius 1 is 1.16 bits per heavy atom. The number of aromatic hydroxyl groups is 1. The first-order valence-electron chi connectivity index (χ1n) is 11.7. The number of alkyl halides is 3. The number of aliphatic hydroxyl groups excluding tert-OH is 1. The van der Waals surface area contributed by atoms with Crippen LogP contribution >= 0.6 is 11.8 Å². The van der Waals surface area contributed by atoms with Crippen LogP contribution in [0.25, 0.3) is 0 Å². The van der Waals surface area contributed by atoms with Gasteiger partial charge in [0.1, 0.15) is 11.7 Å². The number of methoxy groups -OCH3 is 1. The van der Waals surface area contributed by atoms with Crippen LogP contribution in [0.1, 0.15) is 47.1 Å². The monoisotopic (exact) mass is 533 g/mol. The quantitative estimate of drug-likeness (QED) is 0.519. The largest absolute Gasteiger partial charge is 0.503 e. The number of aromatic nitrogens is 1. The Labute approximate surface area is 215 Å². The van der Waals surface area contributed by atoms with Gasteiger partial charge in [-0.25, -0.2) is 4.90 Å². The average Bonchev–Trinajstić information content (AvgIpc) is 3.03. The van der Waals surface area contributed by atoms with Gasteiger partial charge in [0, 0.05) is 30.0 Å². The fourth-order valence-corrected chi connectivity index (χ4v) is 6.16. The topological polar surface area (TPSA) is 78.2 Å². The first-order valence-corrected chi connectivity index (χ1v) is 12.6. The van der Waals surface area contributed by atoms with E-state index in [2.05, 4.69) is 0 Å². The van der Waals surface area contributed by atoms with Gasteiger partial charge >= 0.3 is 6.18 Å². The van der Waals surface area contributed by atoms with Crippen molar-refractivity contribution in [3.63, 3.8) is 0 Å². The number of ether oxygens (including phenoxy) is 1. The van der Waals surface area contributed by atoms with Gasteiger partial charge in [0.15, 0.2) is 12.0 Å². The van der Waals surface area contributed by atoms with Gasteiger partial charge in [-0.1, -0.05) is 36.4 Å². The SMILES string of the molecule is COCc1cccc2c1[C@@H](N1CN([C@H](C)C(F)(F)F)C(O)c3c(O)c(=O)ccn31)c1ccccc1SC2. The fraction of sp³-hybridized carbons (Fsp3) is 0.346. The van der Waals surface area contributed by atoms with Crippen molar-refractivity contribution in [2.24, 2.45) is 0 Å². The van der Waals surface area contributed by atoms with Crippen LogP contribution in [0.3, 0.4) is 0 Å². The molecule has 0 spiro atoms. The number of thioether (sulfide) groups is 1. The first-order chi connectivity index (χ1) is 17.6. The van der Waals surface area contributed by atoms with Crippen molar-refractivity contribution in [3.05, 3.63) is 92.9 Å². The molecule has 3 heterocycles. The first kappa shape index (κ1) is 25.7. The Hall–Kier alpha value is -2.99. The molecular weight excluding hydrogens is 507 g/mol. The summed E-state index contributed by atoms with van der Waals surface area (Å²) in [5.74, 6) is -0.150. The molecule has 37 heavy (non-hydrogen) atoms. The van der Waals surface area contributed by atoms with Crippen molar-refractivity contribution >= 4 is 11.8 Å². The highest BCUT2D eigenvalue weighted by Gasteiger charge is 2.48. The summed E-state index contributed by atoms with van der Waals surface area (Å²) in [7, 11) is 1.58. The minimum absolute atomic E-state index is 0.286. The van der Waals surface area contributed by atoms with E-state index in [4.69, 9.17) is 4.74 Å². The maximum absolute atomic E-state index is 13.9. The van der Waals surface area contributed by atoms with E-state index in [1.165, 1.54) is 10.9 Å². The van der Waals surface area contributed by atoms with Gasteiger partial charge in [-0.05, 0) is 35.2 Å². The third-order valence-electron chi connectivity index (χ3n) is 6.96. The molecule has 0 fully saturated rings. The molecule has 11 heteroatoms. The fourth-order valence-electron chi connectivity index (χ4n) is 5.08. The molecule has 0 bridgehead atoms. The Bertz CT molecular complexity index is 1380. The lowest BCUT2D eigenvalue weighted by atomic mass is 9.90. The number of hydrogen-bond donors (Lipinski definition) is 2. The second-order valence-electron chi connectivity index (χ2n) is 9.10. The van der Waals surface area contributed by atoms with E-state index in [1.54, 1.807) is 23.9 Å². The highest BCUT2D eigenvalue weighted by molar-refractivity contribution is 7.98. The van der Waals surface area contributed by atoms with Crippen LogP contribution in [0.15, 0.2) is 64.4 Å². The molecule has 0 saturated heterocycles. The van der Waals surface area contributed by atoms with E-state index in [-0.39, 0.29) is 19.0 Å². The van der Waals surface area contributed by atoms with Gasteiger partial charge in [0.05, 0.1) is 19.3 Å². The molecule has 2 aromatic carbocycles. The van der Waals surface area contributed by atoms with Crippen molar-refractivity contribution < 1.29 is 28.1 Å². The van der Waals surface area contributed by atoms with Crippen molar-refractivity contribution in [2.75, 3.05) is 18.8 Å². The van der Waals surface area contributed by atoms with Gasteiger partial charge in [-0.2, -0.15) is 13.2 Å². The van der Waals surface area contributed by atoms with E-state index >= 15 is 0 Å². The lowest BCUT2D eigenvalue weighted by Gasteiger charge is -2.48. The lowest BCUT2D eigenvalue weighted by Crippen LogP contribution is -2.59. The summed E-state index contributed by atoms with van der Waals surface area (Å²) in [5.41, 5.74) is 2.50. The van der Waals surface area contributed by atoms with E-state index in [1.807, 2.05) is 42.5 Å². The van der Waals surface area contributed by atoms with Crippen molar-refractivity contribution in [1.29, 1.82) is 0 Å². The molecule has 7 nitrogen and oxygen atoms in total. The van der Waals surface area contributed by atoms with Crippen LogP contribution in [0, 0.1) is 0 Å². The normalized spacial score (nSPS) is 20.5. The molecule has 0 amide bonds. The predicted molar refractivity (Wildman–Crippen MR) is 133 cm³/mol. The number of nitrogens with zero attached hydrogens (tertiary/aromatic N) is 3. The Kier molecular flexibility index (Phi) is 6.73. The molecular formula is C26H26F3N3O4S. The summed E-state index contributed by atoms with van der Waals surface area (Å²) in [6.45, 7) is 0.909. The third kappa shape index (κ3) is 4.39. The number of aliphatic hydroxyl groups is 1. The highest BCUT2D eigenvalue weighted by Crippen LogP contribution is 2.46. The highest BCUT2D eigenvalue weighted by atomic mass is 32.2. The summed E-state index contributed by atoms with van der Waals surface area (Å²) >= 11 is 1.63. The van der Waals surface area contributed by atoms with Gasteiger partial charge in [-0.3, -0.25) is 14.5 Å². The zero-order valence-electron chi connectivity index (χ0n) is 20.1. The molecule has 0 saturated carbocycles. The molecule has 3 aromatic rings. The van der Waals surface area contributed by atoms with E-state index in [0.29, 0.717) is 5.75 Å². The Balaban J connectivity index is 1.80.